The van der Waals surface area contributed by atoms with Crippen LogP contribution in [0, 0.1) is 12.7 Å². The fourth-order valence-corrected chi connectivity index (χ4v) is 1.54. The number of rotatable bonds is 2. The molecule has 0 bridgehead atoms. The van der Waals surface area contributed by atoms with Crippen LogP contribution in [0.1, 0.15) is 15.9 Å². The largest absolute Gasteiger partial charge is 0.399 e. The van der Waals surface area contributed by atoms with Gasteiger partial charge in [-0.1, -0.05) is 0 Å². The maximum Gasteiger partial charge on any atom is 0.261 e. The first-order valence-corrected chi connectivity index (χ1v) is 5.20. The quantitative estimate of drug-likeness (QED) is 0.780. The van der Waals surface area contributed by atoms with Crippen molar-refractivity contribution in [3.05, 3.63) is 35.4 Å². The lowest BCUT2D eigenvalue weighted by Crippen LogP contribution is -2.17. The summed E-state index contributed by atoms with van der Waals surface area (Å²) in [7, 11) is 1.61. The summed E-state index contributed by atoms with van der Waals surface area (Å²) in [5, 5.41) is 6.25. The summed E-state index contributed by atoms with van der Waals surface area (Å²) in [6, 6.07) is 2.75. The number of hydrogen-bond donors (Lipinski definition) is 2. The summed E-state index contributed by atoms with van der Waals surface area (Å²) >= 11 is 0. The molecular weight excluding hydrogens is 237 g/mol. The number of nitrogens with one attached hydrogen (secondary N) is 1. The van der Waals surface area contributed by atoms with E-state index in [-0.39, 0.29) is 11.5 Å². The first-order chi connectivity index (χ1) is 8.49. The summed E-state index contributed by atoms with van der Waals surface area (Å²) in [6.45, 7) is 1.55. The highest BCUT2D eigenvalue weighted by molar-refractivity contribution is 6.04. The normalized spacial score (nSPS) is 10.4. The Morgan fingerprint density at radius 3 is 2.83 bits per heavy atom. The zero-order valence-corrected chi connectivity index (χ0v) is 9.94. The van der Waals surface area contributed by atoms with E-state index < -0.39 is 11.7 Å². The zero-order valence-electron chi connectivity index (χ0n) is 9.94. The third-order valence-corrected chi connectivity index (χ3v) is 2.46. The molecule has 2 aromatic rings. The Kier molecular flexibility index (Phi) is 2.97. The number of amides is 1. The average Bonchev–Trinajstić information content (AvgIpc) is 2.69. The molecule has 1 amide bonds. The van der Waals surface area contributed by atoms with E-state index in [0.29, 0.717) is 11.3 Å². The number of benzene rings is 1. The number of nitrogen functional groups attached to an aromatic ring is 1. The molecule has 0 spiro atoms. The van der Waals surface area contributed by atoms with Gasteiger partial charge in [0.25, 0.3) is 5.91 Å². The number of carbonyl (C=O) groups is 1. The number of carbonyl (C=O) groups excluding carboxylic acids is 1. The Morgan fingerprint density at radius 2 is 2.22 bits per heavy atom. The Morgan fingerprint density at radius 1 is 1.50 bits per heavy atom. The molecule has 0 radical (unpaired) electrons. The number of aromatic nitrogens is 3. The smallest absolute Gasteiger partial charge is 0.261 e. The second-order valence-corrected chi connectivity index (χ2v) is 3.86. The van der Waals surface area contributed by atoms with Crippen LogP contribution in [-0.4, -0.2) is 20.7 Å². The van der Waals surface area contributed by atoms with Crippen molar-refractivity contribution < 1.29 is 9.18 Å². The zero-order chi connectivity index (χ0) is 13.3. The average molecular weight is 249 g/mol. The summed E-state index contributed by atoms with van der Waals surface area (Å²) < 4.78 is 15.2. The highest BCUT2D eigenvalue weighted by Gasteiger charge is 2.16. The van der Waals surface area contributed by atoms with Crippen LogP contribution in [0.3, 0.4) is 0 Å². The maximum atomic E-state index is 13.8. The van der Waals surface area contributed by atoms with Gasteiger partial charge in [0.2, 0.25) is 5.95 Å². The molecule has 0 fully saturated rings. The first-order valence-electron chi connectivity index (χ1n) is 5.20. The third-order valence-electron chi connectivity index (χ3n) is 2.46. The predicted octanol–water partition coefficient (Wildman–Crippen LogP) is 1.10. The Bertz CT molecular complexity index is 607. The molecule has 0 unspecified atom stereocenters. The molecule has 1 aromatic heterocycles. The number of nitrogens with two attached hydrogens (primary N) is 1. The highest BCUT2D eigenvalue weighted by Crippen LogP contribution is 2.18. The number of hydrogen-bond acceptors (Lipinski definition) is 4. The molecule has 0 aliphatic carbocycles. The summed E-state index contributed by atoms with van der Waals surface area (Å²) in [5.74, 6) is -0.970. The lowest BCUT2D eigenvalue weighted by atomic mass is 10.1. The molecular formula is C11H12FN5O. The molecule has 18 heavy (non-hydrogen) atoms. The highest BCUT2D eigenvalue weighted by atomic mass is 19.1. The lowest BCUT2D eigenvalue weighted by molar-refractivity contribution is 0.102. The van der Waals surface area contributed by atoms with Crippen molar-refractivity contribution in [3.8, 4) is 0 Å². The van der Waals surface area contributed by atoms with Crippen molar-refractivity contribution in [2.45, 2.75) is 6.92 Å². The van der Waals surface area contributed by atoms with Gasteiger partial charge in [-0.05, 0) is 24.6 Å². The van der Waals surface area contributed by atoms with Crippen LogP contribution in [0.2, 0.25) is 0 Å². The van der Waals surface area contributed by atoms with Gasteiger partial charge in [0, 0.05) is 12.7 Å². The fourth-order valence-electron chi connectivity index (χ4n) is 1.54. The van der Waals surface area contributed by atoms with Gasteiger partial charge in [0.05, 0.1) is 5.56 Å². The van der Waals surface area contributed by atoms with Crippen molar-refractivity contribution >= 4 is 17.5 Å². The first kappa shape index (κ1) is 12.0. The molecule has 2 rings (SSSR count). The minimum absolute atomic E-state index is 0.115. The molecule has 0 aliphatic heterocycles. The van der Waals surface area contributed by atoms with E-state index in [0.717, 1.165) is 0 Å². The number of aryl methyl sites for hydroxylation is 2. The molecule has 7 heteroatoms. The van der Waals surface area contributed by atoms with Crippen LogP contribution in [-0.2, 0) is 7.05 Å². The predicted molar refractivity (Wildman–Crippen MR) is 64.5 cm³/mol. The van der Waals surface area contributed by atoms with Gasteiger partial charge >= 0.3 is 0 Å². The monoisotopic (exact) mass is 249 g/mol. The van der Waals surface area contributed by atoms with E-state index in [2.05, 4.69) is 15.4 Å². The van der Waals surface area contributed by atoms with Crippen LogP contribution in [0.5, 0.6) is 0 Å². The van der Waals surface area contributed by atoms with Crippen molar-refractivity contribution in [2.24, 2.45) is 7.05 Å². The topological polar surface area (TPSA) is 85.8 Å². The molecule has 1 aromatic carbocycles. The minimum Gasteiger partial charge on any atom is -0.399 e. The second kappa shape index (κ2) is 4.44. The lowest BCUT2D eigenvalue weighted by Gasteiger charge is -2.07. The van der Waals surface area contributed by atoms with Crippen molar-refractivity contribution in [3.63, 3.8) is 0 Å². The SMILES string of the molecule is Cc1cc(N)cc(C(=O)Nc2ncnn2C)c1F. The van der Waals surface area contributed by atoms with E-state index in [1.54, 1.807) is 14.0 Å². The standard InChI is InChI=1S/C11H12FN5O/c1-6-3-7(13)4-8(9(6)12)10(18)16-11-14-5-15-17(11)2/h3-5H,13H2,1-2H3,(H,14,15,16,18). The van der Waals surface area contributed by atoms with Crippen LogP contribution in [0.15, 0.2) is 18.5 Å². The third kappa shape index (κ3) is 2.15. The molecule has 0 saturated carbocycles. The van der Waals surface area contributed by atoms with E-state index in [1.807, 2.05) is 0 Å². The van der Waals surface area contributed by atoms with Gasteiger partial charge in [-0.3, -0.25) is 10.1 Å². The Labute approximate surface area is 103 Å². The minimum atomic E-state index is -0.612. The van der Waals surface area contributed by atoms with Gasteiger partial charge in [0.15, 0.2) is 0 Å². The molecule has 0 aliphatic rings. The summed E-state index contributed by atoms with van der Waals surface area (Å²) in [6.07, 6.45) is 1.29. The van der Waals surface area contributed by atoms with E-state index in [1.165, 1.54) is 23.1 Å². The second-order valence-electron chi connectivity index (χ2n) is 3.86. The van der Waals surface area contributed by atoms with Gasteiger partial charge < -0.3 is 5.73 Å². The number of anilines is 2. The fraction of sp³-hybridized carbons (Fsp3) is 0.182. The van der Waals surface area contributed by atoms with Crippen LogP contribution < -0.4 is 11.1 Å². The van der Waals surface area contributed by atoms with Crippen molar-refractivity contribution in [1.82, 2.24) is 14.8 Å². The molecule has 3 N–H and O–H groups in total. The van der Waals surface area contributed by atoms with Gasteiger partial charge in [-0.2, -0.15) is 10.1 Å². The van der Waals surface area contributed by atoms with E-state index in [4.69, 9.17) is 5.73 Å². The summed E-state index contributed by atoms with van der Waals surface area (Å²) in [5.41, 5.74) is 6.12. The summed E-state index contributed by atoms with van der Waals surface area (Å²) in [4.78, 5) is 15.7. The van der Waals surface area contributed by atoms with Gasteiger partial charge in [-0.15, -0.1) is 0 Å². The molecule has 94 valence electrons. The van der Waals surface area contributed by atoms with Crippen molar-refractivity contribution in [2.75, 3.05) is 11.1 Å². The van der Waals surface area contributed by atoms with Crippen LogP contribution in [0.25, 0.3) is 0 Å². The van der Waals surface area contributed by atoms with Gasteiger partial charge in [-0.25, -0.2) is 9.07 Å². The Hall–Kier alpha value is -2.44. The van der Waals surface area contributed by atoms with Crippen molar-refractivity contribution in [1.29, 1.82) is 0 Å². The van der Waals surface area contributed by atoms with E-state index >= 15 is 0 Å². The van der Waals surface area contributed by atoms with Crippen LogP contribution >= 0.6 is 0 Å². The molecule has 0 atom stereocenters. The number of halogens is 1. The van der Waals surface area contributed by atoms with E-state index in [9.17, 15) is 9.18 Å². The maximum absolute atomic E-state index is 13.8. The molecule has 0 saturated heterocycles. The van der Waals surface area contributed by atoms with Gasteiger partial charge in [0.1, 0.15) is 12.1 Å². The Balaban J connectivity index is 2.32. The molecule has 1 heterocycles. The number of nitrogens with zero attached hydrogens (tertiary/aromatic N) is 3. The van der Waals surface area contributed by atoms with Crippen LogP contribution in [0.4, 0.5) is 16.0 Å². The molecule has 6 nitrogen and oxygen atoms in total.